The van der Waals surface area contributed by atoms with Crippen molar-refractivity contribution < 1.29 is 14.6 Å². The van der Waals surface area contributed by atoms with E-state index < -0.39 is 5.97 Å². The molecule has 2 N–H and O–H groups in total. The molecule has 1 aromatic carbocycles. The number of methoxy groups -OCH3 is 1. The van der Waals surface area contributed by atoms with Crippen LogP contribution in [0.1, 0.15) is 10.4 Å². The van der Waals surface area contributed by atoms with Crippen LogP contribution < -0.4 is 10.1 Å². The van der Waals surface area contributed by atoms with Crippen molar-refractivity contribution in [1.29, 1.82) is 0 Å². The van der Waals surface area contributed by atoms with Gasteiger partial charge in [-0.3, -0.25) is 0 Å². The first-order chi connectivity index (χ1) is 9.10. The van der Waals surface area contributed by atoms with E-state index in [-0.39, 0.29) is 16.5 Å². The van der Waals surface area contributed by atoms with Crippen LogP contribution in [0, 0.1) is 0 Å². The van der Waals surface area contributed by atoms with Crippen molar-refractivity contribution in [2.24, 2.45) is 0 Å². The monoisotopic (exact) mass is 279 g/mol. The number of anilines is 2. The van der Waals surface area contributed by atoms with Crippen LogP contribution in [0.25, 0.3) is 0 Å². The van der Waals surface area contributed by atoms with Gasteiger partial charge in [0.2, 0.25) is 0 Å². The zero-order chi connectivity index (χ0) is 13.8. The summed E-state index contributed by atoms with van der Waals surface area (Å²) in [5.74, 6) is -0.305. The van der Waals surface area contributed by atoms with Gasteiger partial charge in [-0.05, 0) is 30.3 Å². The third kappa shape index (κ3) is 3.11. The van der Waals surface area contributed by atoms with Crippen LogP contribution >= 0.6 is 11.6 Å². The van der Waals surface area contributed by atoms with Gasteiger partial charge in [0, 0.05) is 5.69 Å². The number of benzene rings is 1. The molecule has 98 valence electrons. The molecule has 1 aromatic heterocycles. The summed E-state index contributed by atoms with van der Waals surface area (Å²) < 4.78 is 5.03. The number of hydrogen-bond acceptors (Lipinski definition) is 5. The molecule has 2 rings (SSSR count). The second-order valence-electron chi connectivity index (χ2n) is 3.59. The summed E-state index contributed by atoms with van der Waals surface area (Å²) in [5.41, 5.74) is 0.621. The number of ether oxygens (including phenoxy) is 1. The third-order valence-corrected chi connectivity index (χ3v) is 2.53. The molecule has 0 spiro atoms. The molecule has 0 atom stereocenters. The smallest absolute Gasteiger partial charge is 0.339 e. The summed E-state index contributed by atoms with van der Waals surface area (Å²) >= 11 is 5.62. The lowest BCUT2D eigenvalue weighted by Crippen LogP contribution is -2.06. The van der Waals surface area contributed by atoms with Crippen molar-refractivity contribution >= 4 is 29.1 Å². The van der Waals surface area contributed by atoms with Gasteiger partial charge in [0.15, 0.2) is 11.0 Å². The SMILES string of the molecule is COc1ccc(Nc2nnc(Cl)cc2C(=O)O)cc1. The Bertz CT molecular complexity index is 602. The van der Waals surface area contributed by atoms with Gasteiger partial charge in [0.1, 0.15) is 11.3 Å². The molecule has 7 heteroatoms. The van der Waals surface area contributed by atoms with Crippen LogP contribution in [0.5, 0.6) is 5.75 Å². The Kier molecular flexibility index (Phi) is 3.82. The summed E-state index contributed by atoms with van der Waals surface area (Å²) in [6, 6.07) is 8.20. The standard InChI is InChI=1S/C12H10ClN3O3/c1-19-8-4-2-7(3-5-8)14-11-9(12(17)18)6-10(13)15-16-11/h2-6H,1H3,(H,14,16)(H,17,18). The quantitative estimate of drug-likeness (QED) is 0.895. The number of rotatable bonds is 4. The molecule has 0 aliphatic rings. The van der Waals surface area contributed by atoms with E-state index in [1.165, 1.54) is 6.07 Å². The van der Waals surface area contributed by atoms with Crippen molar-refractivity contribution in [2.75, 3.05) is 12.4 Å². The molecule has 1 heterocycles. The van der Waals surface area contributed by atoms with Gasteiger partial charge in [0.05, 0.1) is 7.11 Å². The highest BCUT2D eigenvalue weighted by molar-refractivity contribution is 6.29. The Balaban J connectivity index is 2.29. The number of halogens is 1. The second-order valence-corrected chi connectivity index (χ2v) is 3.98. The molecule has 19 heavy (non-hydrogen) atoms. The number of carboxylic acid groups (broad SMARTS) is 1. The van der Waals surface area contributed by atoms with Gasteiger partial charge in [0.25, 0.3) is 0 Å². The van der Waals surface area contributed by atoms with E-state index in [1.54, 1.807) is 31.4 Å². The average molecular weight is 280 g/mol. The van der Waals surface area contributed by atoms with Crippen LogP contribution in [0.2, 0.25) is 5.15 Å². The van der Waals surface area contributed by atoms with E-state index >= 15 is 0 Å². The number of nitrogens with zero attached hydrogens (tertiary/aromatic N) is 2. The number of carboxylic acids is 1. The molecule has 0 saturated carbocycles. The average Bonchev–Trinajstić information content (AvgIpc) is 2.41. The Morgan fingerprint density at radius 3 is 2.58 bits per heavy atom. The molecule has 6 nitrogen and oxygen atoms in total. The zero-order valence-corrected chi connectivity index (χ0v) is 10.7. The van der Waals surface area contributed by atoms with Crippen LogP contribution in [0.4, 0.5) is 11.5 Å². The lowest BCUT2D eigenvalue weighted by Gasteiger charge is -2.08. The van der Waals surface area contributed by atoms with Gasteiger partial charge in [-0.25, -0.2) is 4.79 Å². The minimum Gasteiger partial charge on any atom is -0.497 e. The summed E-state index contributed by atoms with van der Waals surface area (Å²) in [7, 11) is 1.57. The minimum atomic E-state index is -1.13. The highest BCUT2D eigenvalue weighted by Crippen LogP contribution is 2.22. The van der Waals surface area contributed by atoms with Gasteiger partial charge in [-0.15, -0.1) is 10.2 Å². The lowest BCUT2D eigenvalue weighted by molar-refractivity contribution is 0.0697. The second kappa shape index (κ2) is 5.53. The molecule has 0 unspecified atom stereocenters. The summed E-state index contributed by atoms with van der Waals surface area (Å²) in [6.07, 6.45) is 0. The predicted octanol–water partition coefficient (Wildman–Crippen LogP) is 2.58. The zero-order valence-electron chi connectivity index (χ0n) is 9.92. The van der Waals surface area contributed by atoms with E-state index in [0.29, 0.717) is 11.4 Å². The number of hydrogen-bond donors (Lipinski definition) is 2. The van der Waals surface area contributed by atoms with E-state index in [4.69, 9.17) is 21.4 Å². The van der Waals surface area contributed by atoms with E-state index in [2.05, 4.69) is 15.5 Å². The molecule has 0 aliphatic carbocycles. The van der Waals surface area contributed by atoms with E-state index in [1.807, 2.05) is 0 Å². The van der Waals surface area contributed by atoms with Crippen molar-refractivity contribution in [3.05, 3.63) is 41.0 Å². The molecule has 0 bridgehead atoms. The number of aromatic nitrogens is 2. The predicted molar refractivity (Wildman–Crippen MR) is 70.3 cm³/mol. The normalized spacial score (nSPS) is 10.0. The summed E-state index contributed by atoms with van der Waals surface area (Å²) in [5, 5.41) is 19.3. The van der Waals surface area contributed by atoms with Gasteiger partial charge < -0.3 is 15.2 Å². The highest BCUT2D eigenvalue weighted by atomic mass is 35.5. The Morgan fingerprint density at radius 1 is 1.32 bits per heavy atom. The molecule has 0 fully saturated rings. The topological polar surface area (TPSA) is 84.3 Å². The molecule has 2 aromatic rings. The number of carbonyl (C=O) groups is 1. The van der Waals surface area contributed by atoms with E-state index in [9.17, 15) is 4.79 Å². The van der Waals surface area contributed by atoms with Crippen LogP contribution in [0.3, 0.4) is 0 Å². The first-order valence-corrected chi connectivity index (χ1v) is 5.65. The highest BCUT2D eigenvalue weighted by Gasteiger charge is 2.13. The van der Waals surface area contributed by atoms with Crippen LogP contribution in [-0.4, -0.2) is 28.4 Å². The van der Waals surface area contributed by atoms with E-state index in [0.717, 1.165) is 0 Å². The van der Waals surface area contributed by atoms with Crippen LogP contribution in [-0.2, 0) is 0 Å². The molecule has 0 radical (unpaired) electrons. The fourth-order valence-corrected chi connectivity index (χ4v) is 1.58. The molecular formula is C12H10ClN3O3. The number of aromatic carboxylic acids is 1. The van der Waals surface area contributed by atoms with Crippen molar-refractivity contribution in [1.82, 2.24) is 10.2 Å². The van der Waals surface area contributed by atoms with Crippen molar-refractivity contribution in [3.8, 4) is 5.75 Å². The first kappa shape index (κ1) is 13.1. The van der Waals surface area contributed by atoms with Crippen molar-refractivity contribution in [2.45, 2.75) is 0 Å². The maximum absolute atomic E-state index is 11.1. The van der Waals surface area contributed by atoms with Crippen molar-refractivity contribution in [3.63, 3.8) is 0 Å². The largest absolute Gasteiger partial charge is 0.497 e. The molecule has 0 amide bonds. The Hall–Kier alpha value is -2.34. The summed E-state index contributed by atoms with van der Waals surface area (Å²) in [4.78, 5) is 11.1. The van der Waals surface area contributed by atoms with Gasteiger partial charge in [-0.2, -0.15) is 0 Å². The first-order valence-electron chi connectivity index (χ1n) is 5.28. The maximum atomic E-state index is 11.1. The van der Waals surface area contributed by atoms with Gasteiger partial charge in [-0.1, -0.05) is 11.6 Å². The fraction of sp³-hybridized carbons (Fsp3) is 0.0833. The van der Waals surface area contributed by atoms with Gasteiger partial charge >= 0.3 is 5.97 Å². The molecule has 0 aliphatic heterocycles. The van der Waals surface area contributed by atoms with Crippen LogP contribution in [0.15, 0.2) is 30.3 Å². The molecular weight excluding hydrogens is 270 g/mol. The number of nitrogens with one attached hydrogen (secondary N) is 1. The minimum absolute atomic E-state index is 0.0256. The Morgan fingerprint density at radius 2 is 2.00 bits per heavy atom. The lowest BCUT2D eigenvalue weighted by atomic mass is 10.2. The summed E-state index contributed by atoms with van der Waals surface area (Å²) in [6.45, 7) is 0. The fourth-order valence-electron chi connectivity index (χ4n) is 1.43. The third-order valence-electron chi connectivity index (χ3n) is 2.35. The maximum Gasteiger partial charge on any atom is 0.339 e. The molecule has 0 saturated heterocycles. The Labute approximate surface area is 114 Å².